The second kappa shape index (κ2) is 5.64. The zero-order valence-electron chi connectivity index (χ0n) is 15.8. The third-order valence-electron chi connectivity index (χ3n) is 5.80. The van der Waals surface area contributed by atoms with E-state index in [0.717, 1.165) is 60.3 Å². The number of para-hydroxylation sites is 1. The van der Waals surface area contributed by atoms with E-state index in [9.17, 15) is 0 Å². The van der Waals surface area contributed by atoms with Gasteiger partial charge in [-0.15, -0.1) is 0 Å². The van der Waals surface area contributed by atoms with Crippen LogP contribution < -0.4 is 0 Å². The van der Waals surface area contributed by atoms with E-state index in [1.54, 1.807) is 6.20 Å². The smallest absolute Gasteiger partial charge is 0.146 e. The monoisotopic (exact) mass is 386 g/mol. The molecule has 0 N–H and O–H groups in total. The standard InChI is InChI=1S/C25H14N4O/c1-2-8-20-17(6-1)22-23-21(16-9-12-27-14-19(16)24(22)30-20)18-7-4-11-28-25(18)29(23)15-5-3-10-26-13-15/h1-14H. The Kier molecular flexibility index (Phi) is 2.94. The lowest BCUT2D eigenvalue weighted by Crippen LogP contribution is -1.96. The summed E-state index contributed by atoms with van der Waals surface area (Å²) in [6.45, 7) is 0. The predicted molar refractivity (Wildman–Crippen MR) is 119 cm³/mol. The second-order valence-electron chi connectivity index (χ2n) is 7.37. The second-order valence-corrected chi connectivity index (χ2v) is 7.37. The van der Waals surface area contributed by atoms with E-state index in [4.69, 9.17) is 9.40 Å². The molecule has 140 valence electrons. The van der Waals surface area contributed by atoms with Gasteiger partial charge in [-0.3, -0.25) is 14.5 Å². The fraction of sp³-hybridized carbons (Fsp3) is 0. The molecule has 0 saturated heterocycles. The van der Waals surface area contributed by atoms with Crippen molar-refractivity contribution in [1.82, 2.24) is 19.5 Å². The number of benzene rings is 2. The van der Waals surface area contributed by atoms with Crippen LogP contribution in [0.25, 0.3) is 60.3 Å². The van der Waals surface area contributed by atoms with Crippen molar-refractivity contribution in [3.05, 3.63) is 85.6 Å². The van der Waals surface area contributed by atoms with E-state index in [0.29, 0.717) is 0 Å². The van der Waals surface area contributed by atoms with Crippen molar-refractivity contribution in [2.45, 2.75) is 0 Å². The molecule has 0 spiro atoms. The zero-order valence-corrected chi connectivity index (χ0v) is 15.8. The van der Waals surface area contributed by atoms with E-state index in [1.807, 2.05) is 55.1 Å². The van der Waals surface area contributed by atoms with Crippen LogP contribution in [0.4, 0.5) is 0 Å². The molecule has 30 heavy (non-hydrogen) atoms. The number of fused-ring (bicyclic) bond motifs is 10. The van der Waals surface area contributed by atoms with Gasteiger partial charge >= 0.3 is 0 Å². The van der Waals surface area contributed by atoms with Crippen LogP contribution in [0.15, 0.2) is 90.0 Å². The molecule has 0 radical (unpaired) electrons. The minimum Gasteiger partial charge on any atom is -0.455 e. The Bertz CT molecular complexity index is 1750. The van der Waals surface area contributed by atoms with Gasteiger partial charge in [0.05, 0.1) is 22.8 Å². The Morgan fingerprint density at radius 3 is 2.47 bits per heavy atom. The van der Waals surface area contributed by atoms with Gasteiger partial charge in [0.15, 0.2) is 0 Å². The summed E-state index contributed by atoms with van der Waals surface area (Å²) in [5.41, 5.74) is 4.66. The predicted octanol–water partition coefficient (Wildman–Crippen LogP) is 6.02. The average molecular weight is 386 g/mol. The van der Waals surface area contributed by atoms with Gasteiger partial charge in [0.25, 0.3) is 0 Å². The van der Waals surface area contributed by atoms with Crippen LogP contribution in [0.2, 0.25) is 0 Å². The van der Waals surface area contributed by atoms with E-state index >= 15 is 0 Å². The molecule has 0 bridgehead atoms. The molecular formula is C25H14N4O. The first-order valence-corrected chi connectivity index (χ1v) is 9.78. The highest BCUT2D eigenvalue weighted by Gasteiger charge is 2.23. The molecule has 0 atom stereocenters. The summed E-state index contributed by atoms with van der Waals surface area (Å²) < 4.78 is 8.57. The maximum Gasteiger partial charge on any atom is 0.146 e. The topological polar surface area (TPSA) is 56.7 Å². The molecule has 0 aliphatic rings. The third kappa shape index (κ3) is 1.89. The minimum absolute atomic E-state index is 0.847. The summed E-state index contributed by atoms with van der Waals surface area (Å²) in [5, 5.41) is 6.51. The number of nitrogens with zero attached hydrogens (tertiary/aromatic N) is 4. The molecular weight excluding hydrogens is 372 g/mol. The van der Waals surface area contributed by atoms with Crippen LogP contribution in [-0.2, 0) is 0 Å². The molecule has 7 aromatic rings. The largest absolute Gasteiger partial charge is 0.455 e. The van der Waals surface area contributed by atoms with Crippen LogP contribution >= 0.6 is 0 Å². The van der Waals surface area contributed by atoms with Gasteiger partial charge in [0.2, 0.25) is 0 Å². The van der Waals surface area contributed by atoms with Crippen LogP contribution in [-0.4, -0.2) is 19.5 Å². The maximum atomic E-state index is 6.37. The molecule has 2 aromatic carbocycles. The third-order valence-corrected chi connectivity index (χ3v) is 5.80. The Hall–Kier alpha value is -4.25. The number of furan rings is 1. The Morgan fingerprint density at radius 1 is 0.667 bits per heavy atom. The number of aromatic nitrogens is 4. The van der Waals surface area contributed by atoms with Crippen molar-refractivity contribution < 1.29 is 4.42 Å². The number of hydrogen-bond donors (Lipinski definition) is 0. The van der Waals surface area contributed by atoms with Gasteiger partial charge < -0.3 is 4.42 Å². The Labute approximate surface area is 170 Å². The highest BCUT2D eigenvalue weighted by molar-refractivity contribution is 6.34. The highest BCUT2D eigenvalue weighted by atomic mass is 16.3. The highest BCUT2D eigenvalue weighted by Crippen LogP contribution is 2.44. The Morgan fingerprint density at radius 2 is 1.53 bits per heavy atom. The van der Waals surface area contributed by atoms with Crippen LogP contribution in [0.3, 0.4) is 0 Å². The van der Waals surface area contributed by atoms with E-state index in [2.05, 4.69) is 38.8 Å². The molecule has 0 fully saturated rings. The summed E-state index contributed by atoms with van der Waals surface area (Å²) in [4.78, 5) is 13.5. The van der Waals surface area contributed by atoms with Gasteiger partial charge in [0.1, 0.15) is 16.8 Å². The molecule has 5 heteroatoms. The first-order valence-electron chi connectivity index (χ1n) is 9.78. The van der Waals surface area contributed by atoms with Crippen molar-refractivity contribution >= 4 is 54.6 Å². The first kappa shape index (κ1) is 15.6. The molecule has 5 aromatic heterocycles. The van der Waals surface area contributed by atoms with Crippen molar-refractivity contribution in [2.75, 3.05) is 0 Å². The van der Waals surface area contributed by atoms with Gasteiger partial charge in [0, 0.05) is 46.3 Å². The summed E-state index contributed by atoms with van der Waals surface area (Å²) in [6.07, 6.45) is 9.22. The van der Waals surface area contributed by atoms with Crippen molar-refractivity contribution in [3.63, 3.8) is 0 Å². The lowest BCUT2D eigenvalue weighted by molar-refractivity contribution is 0.672. The minimum atomic E-state index is 0.847. The molecule has 0 aliphatic carbocycles. The van der Waals surface area contributed by atoms with Crippen molar-refractivity contribution in [2.24, 2.45) is 0 Å². The lowest BCUT2D eigenvalue weighted by Gasteiger charge is -2.08. The maximum absolute atomic E-state index is 6.37. The van der Waals surface area contributed by atoms with Crippen molar-refractivity contribution in [1.29, 1.82) is 0 Å². The van der Waals surface area contributed by atoms with E-state index in [1.165, 1.54) is 0 Å². The van der Waals surface area contributed by atoms with Gasteiger partial charge in [-0.25, -0.2) is 4.98 Å². The summed E-state index contributed by atoms with van der Waals surface area (Å²) >= 11 is 0. The zero-order chi connectivity index (χ0) is 19.7. The molecule has 0 unspecified atom stereocenters. The molecule has 5 nitrogen and oxygen atoms in total. The fourth-order valence-electron chi connectivity index (χ4n) is 4.63. The molecule has 0 amide bonds. The molecule has 5 heterocycles. The molecule has 7 rings (SSSR count). The van der Waals surface area contributed by atoms with E-state index < -0.39 is 0 Å². The summed E-state index contributed by atoms with van der Waals surface area (Å²) in [6, 6.07) is 18.4. The number of rotatable bonds is 1. The fourth-order valence-corrected chi connectivity index (χ4v) is 4.63. The SMILES string of the molecule is c1cncc(-n2c3ncccc3c3c4ccncc4c4oc5ccccc5c4c32)c1. The molecule has 0 saturated carbocycles. The first-order chi connectivity index (χ1) is 14.9. The van der Waals surface area contributed by atoms with Crippen LogP contribution in [0, 0.1) is 0 Å². The van der Waals surface area contributed by atoms with Gasteiger partial charge in [-0.1, -0.05) is 18.2 Å². The van der Waals surface area contributed by atoms with Crippen LogP contribution in [0.5, 0.6) is 0 Å². The number of pyridine rings is 3. The Balaban J connectivity index is 1.91. The van der Waals surface area contributed by atoms with Crippen LogP contribution in [0.1, 0.15) is 0 Å². The van der Waals surface area contributed by atoms with Gasteiger partial charge in [-0.2, -0.15) is 0 Å². The van der Waals surface area contributed by atoms with Gasteiger partial charge in [-0.05, 0) is 41.8 Å². The normalized spacial score (nSPS) is 12.0. The average Bonchev–Trinajstić information content (AvgIpc) is 3.36. The summed E-state index contributed by atoms with van der Waals surface area (Å²) in [5.74, 6) is 0. The molecule has 0 aliphatic heterocycles. The quantitative estimate of drug-likeness (QED) is 0.346. The van der Waals surface area contributed by atoms with Crippen molar-refractivity contribution in [3.8, 4) is 5.69 Å². The lowest BCUT2D eigenvalue weighted by atomic mass is 10.0. The number of hydrogen-bond acceptors (Lipinski definition) is 4. The summed E-state index contributed by atoms with van der Waals surface area (Å²) in [7, 11) is 0. The van der Waals surface area contributed by atoms with E-state index in [-0.39, 0.29) is 0 Å².